The molecule has 26 heavy (non-hydrogen) atoms. The molecule has 1 aromatic carbocycles. The predicted octanol–water partition coefficient (Wildman–Crippen LogP) is 2.64. The van der Waals surface area contributed by atoms with Crippen LogP contribution in [-0.2, 0) is 0 Å². The van der Waals surface area contributed by atoms with E-state index in [1.54, 1.807) is 18.2 Å². The lowest BCUT2D eigenvalue weighted by Gasteiger charge is -2.18. The number of carbonyl (C=O) groups excluding carboxylic acids is 1. The van der Waals surface area contributed by atoms with Crippen molar-refractivity contribution in [1.82, 2.24) is 30.6 Å². The van der Waals surface area contributed by atoms with Gasteiger partial charge in [-0.25, -0.2) is 4.98 Å². The maximum Gasteiger partial charge on any atom is 0.251 e. The van der Waals surface area contributed by atoms with E-state index in [1.807, 2.05) is 13.8 Å². The van der Waals surface area contributed by atoms with E-state index in [1.165, 1.54) is 13.4 Å². The van der Waals surface area contributed by atoms with E-state index in [0.717, 1.165) is 0 Å². The van der Waals surface area contributed by atoms with Crippen LogP contribution < -0.4 is 10.1 Å². The molecule has 0 spiro atoms. The van der Waals surface area contributed by atoms with Crippen molar-refractivity contribution in [2.75, 3.05) is 7.11 Å². The van der Waals surface area contributed by atoms with Crippen molar-refractivity contribution in [2.45, 2.75) is 19.9 Å². The van der Waals surface area contributed by atoms with Crippen LogP contribution in [0.25, 0.3) is 11.6 Å². The van der Waals surface area contributed by atoms with Crippen molar-refractivity contribution in [3.63, 3.8) is 0 Å². The summed E-state index contributed by atoms with van der Waals surface area (Å²) in [5.74, 6) is 1.13. The van der Waals surface area contributed by atoms with Crippen LogP contribution in [0.3, 0.4) is 0 Å². The normalized spacial score (nSPS) is 12.2. The Hall–Kier alpha value is -2.94. The van der Waals surface area contributed by atoms with Crippen molar-refractivity contribution in [2.24, 2.45) is 5.92 Å². The number of nitrogens with zero attached hydrogens (tertiary/aromatic N) is 4. The lowest BCUT2D eigenvalue weighted by atomic mass is 10.0. The molecule has 0 bridgehead atoms. The van der Waals surface area contributed by atoms with Gasteiger partial charge in [-0.1, -0.05) is 30.6 Å². The number of aromatic nitrogens is 5. The number of benzene rings is 1. The number of methoxy groups -OCH3 is 1. The molecule has 136 valence electrons. The number of aromatic amines is 1. The number of hydrogen-bond acceptors (Lipinski definition) is 7. The van der Waals surface area contributed by atoms with E-state index in [9.17, 15) is 4.79 Å². The Morgan fingerprint density at radius 2 is 2.19 bits per heavy atom. The summed E-state index contributed by atoms with van der Waals surface area (Å²) in [6.07, 6.45) is 1.35. The van der Waals surface area contributed by atoms with Crippen LogP contribution in [0.15, 0.2) is 29.0 Å². The van der Waals surface area contributed by atoms with Gasteiger partial charge in [-0.3, -0.25) is 9.89 Å². The average Bonchev–Trinajstić information content (AvgIpc) is 3.30. The maximum absolute atomic E-state index is 12.6. The minimum absolute atomic E-state index is 0.00990. The van der Waals surface area contributed by atoms with Gasteiger partial charge in [-0.05, 0) is 24.1 Å². The lowest BCUT2D eigenvalue weighted by molar-refractivity contribution is 0.0914. The minimum Gasteiger partial charge on any atom is -0.495 e. The zero-order valence-electron chi connectivity index (χ0n) is 14.4. The molecule has 0 saturated carbocycles. The molecule has 0 aliphatic heterocycles. The van der Waals surface area contributed by atoms with Crippen molar-refractivity contribution in [1.29, 1.82) is 0 Å². The fourth-order valence-corrected chi connectivity index (χ4v) is 2.57. The molecule has 3 aromatic rings. The van der Waals surface area contributed by atoms with Gasteiger partial charge in [0, 0.05) is 5.56 Å². The largest absolute Gasteiger partial charge is 0.495 e. The van der Waals surface area contributed by atoms with E-state index < -0.39 is 6.04 Å². The van der Waals surface area contributed by atoms with E-state index >= 15 is 0 Å². The average molecular weight is 377 g/mol. The van der Waals surface area contributed by atoms with Crippen LogP contribution in [0.2, 0.25) is 5.02 Å². The number of hydrogen-bond donors (Lipinski definition) is 2. The van der Waals surface area contributed by atoms with Crippen LogP contribution in [0.4, 0.5) is 0 Å². The number of halogens is 1. The highest BCUT2D eigenvalue weighted by Gasteiger charge is 2.26. The summed E-state index contributed by atoms with van der Waals surface area (Å²) in [4.78, 5) is 20.9. The molecule has 0 aliphatic carbocycles. The van der Waals surface area contributed by atoms with E-state index in [0.29, 0.717) is 22.2 Å². The second kappa shape index (κ2) is 7.52. The number of ether oxygens (including phenoxy) is 1. The molecule has 1 amide bonds. The Labute approximate surface area is 154 Å². The summed E-state index contributed by atoms with van der Waals surface area (Å²) in [5.41, 5.74) is 0.399. The quantitative estimate of drug-likeness (QED) is 0.678. The maximum atomic E-state index is 12.6. The number of carbonyl (C=O) groups is 1. The van der Waals surface area contributed by atoms with Crippen molar-refractivity contribution in [3.05, 3.63) is 41.0 Å². The summed E-state index contributed by atoms with van der Waals surface area (Å²) in [5, 5.41) is 13.5. The summed E-state index contributed by atoms with van der Waals surface area (Å²) < 4.78 is 10.4. The van der Waals surface area contributed by atoms with Gasteiger partial charge in [-0.2, -0.15) is 10.1 Å². The van der Waals surface area contributed by atoms with Crippen molar-refractivity contribution >= 4 is 17.5 Å². The van der Waals surface area contributed by atoms with Gasteiger partial charge in [-0.15, -0.1) is 0 Å². The molecule has 0 fully saturated rings. The molecule has 10 heteroatoms. The summed E-state index contributed by atoms with van der Waals surface area (Å²) in [7, 11) is 1.51. The summed E-state index contributed by atoms with van der Waals surface area (Å²) >= 11 is 6.09. The molecule has 2 N–H and O–H groups in total. The number of H-pyrrole nitrogens is 1. The Morgan fingerprint density at radius 3 is 2.81 bits per heavy atom. The molecular formula is C16H17ClN6O3. The van der Waals surface area contributed by atoms with E-state index in [4.69, 9.17) is 20.9 Å². The monoisotopic (exact) mass is 376 g/mol. The molecule has 0 radical (unpaired) electrons. The molecule has 3 rings (SSSR count). The zero-order chi connectivity index (χ0) is 18.7. The Bertz CT molecular complexity index is 893. The van der Waals surface area contributed by atoms with E-state index in [-0.39, 0.29) is 23.5 Å². The first-order valence-corrected chi connectivity index (χ1v) is 8.21. The number of nitrogens with one attached hydrogen (secondary N) is 2. The fraction of sp³-hybridized carbons (Fsp3) is 0.312. The van der Waals surface area contributed by atoms with Crippen LogP contribution in [0, 0.1) is 5.92 Å². The van der Waals surface area contributed by atoms with Gasteiger partial charge in [0.05, 0.1) is 12.1 Å². The topological polar surface area (TPSA) is 119 Å². The molecule has 1 atom stereocenters. The van der Waals surface area contributed by atoms with Crippen LogP contribution in [0.5, 0.6) is 5.75 Å². The molecule has 2 aromatic heterocycles. The Kier molecular flexibility index (Phi) is 5.17. The first-order valence-electron chi connectivity index (χ1n) is 7.83. The third-order valence-corrected chi connectivity index (χ3v) is 4.00. The first-order chi connectivity index (χ1) is 12.5. The molecular weight excluding hydrogens is 360 g/mol. The minimum atomic E-state index is -0.479. The van der Waals surface area contributed by atoms with Gasteiger partial charge in [0.1, 0.15) is 18.1 Å². The molecule has 0 saturated heterocycles. The summed E-state index contributed by atoms with van der Waals surface area (Å²) in [6, 6.07) is 4.33. The fourth-order valence-electron chi connectivity index (χ4n) is 2.32. The van der Waals surface area contributed by atoms with Gasteiger partial charge in [0.2, 0.25) is 11.7 Å². The third kappa shape index (κ3) is 3.67. The highest BCUT2D eigenvalue weighted by molar-refractivity contribution is 6.32. The second-order valence-corrected chi connectivity index (χ2v) is 6.24. The van der Waals surface area contributed by atoms with Gasteiger partial charge in [0.15, 0.2) is 5.82 Å². The van der Waals surface area contributed by atoms with Crippen LogP contribution >= 0.6 is 11.6 Å². The predicted molar refractivity (Wildman–Crippen MR) is 92.7 cm³/mol. The first kappa shape index (κ1) is 17.9. The second-order valence-electron chi connectivity index (χ2n) is 5.83. The lowest BCUT2D eigenvalue weighted by Crippen LogP contribution is -2.32. The van der Waals surface area contributed by atoms with Gasteiger partial charge < -0.3 is 14.6 Å². The van der Waals surface area contributed by atoms with Crippen molar-refractivity contribution < 1.29 is 14.1 Å². The molecule has 1 unspecified atom stereocenters. The summed E-state index contributed by atoms with van der Waals surface area (Å²) in [6.45, 7) is 3.87. The Morgan fingerprint density at radius 1 is 1.38 bits per heavy atom. The highest BCUT2D eigenvalue weighted by Crippen LogP contribution is 2.26. The number of rotatable bonds is 6. The smallest absolute Gasteiger partial charge is 0.251 e. The van der Waals surface area contributed by atoms with Crippen LogP contribution in [-0.4, -0.2) is 38.3 Å². The standard InChI is InChI=1S/C16H17ClN6O3/c1-8(2)12(16-21-14(23-26-16)13-18-7-19-22-13)20-15(24)9-4-5-11(25-3)10(17)6-9/h4-8,12H,1-3H3,(H,20,24)(H,18,19,22). The zero-order valence-corrected chi connectivity index (χ0v) is 15.1. The van der Waals surface area contributed by atoms with Gasteiger partial charge in [0.25, 0.3) is 5.91 Å². The molecule has 9 nitrogen and oxygen atoms in total. The highest BCUT2D eigenvalue weighted by atomic mass is 35.5. The van der Waals surface area contributed by atoms with Gasteiger partial charge >= 0.3 is 0 Å². The van der Waals surface area contributed by atoms with Crippen LogP contribution in [0.1, 0.15) is 36.1 Å². The third-order valence-electron chi connectivity index (χ3n) is 3.70. The van der Waals surface area contributed by atoms with E-state index in [2.05, 4.69) is 30.6 Å². The number of amides is 1. The molecule has 2 heterocycles. The van der Waals surface area contributed by atoms with Crippen molar-refractivity contribution in [3.8, 4) is 17.4 Å². The Balaban J connectivity index is 1.80. The SMILES string of the molecule is COc1ccc(C(=O)NC(c2nc(-c3ncn[nH]3)no2)C(C)C)cc1Cl. The molecule has 0 aliphatic rings.